The Kier molecular flexibility index (Phi) is 4.87. The molecule has 0 spiro atoms. The molecule has 6 nitrogen and oxygen atoms in total. The van der Waals surface area contributed by atoms with Gasteiger partial charge in [0.15, 0.2) is 0 Å². The summed E-state index contributed by atoms with van der Waals surface area (Å²) in [4.78, 5) is 12.1. The summed E-state index contributed by atoms with van der Waals surface area (Å²) in [7, 11) is 1.65. The molecule has 2 aromatic carbocycles. The van der Waals surface area contributed by atoms with E-state index in [1.54, 1.807) is 13.3 Å². The molecule has 27 heavy (non-hydrogen) atoms. The fourth-order valence-corrected chi connectivity index (χ4v) is 3.01. The maximum absolute atomic E-state index is 5.24. The van der Waals surface area contributed by atoms with Crippen LogP contribution in [-0.2, 0) is 6.42 Å². The van der Waals surface area contributed by atoms with Crippen LogP contribution in [0.4, 0.5) is 17.5 Å². The summed E-state index contributed by atoms with van der Waals surface area (Å²) in [5.74, 6) is 2.11. The zero-order valence-corrected chi connectivity index (χ0v) is 15.1. The van der Waals surface area contributed by atoms with E-state index in [1.807, 2.05) is 36.4 Å². The first kappa shape index (κ1) is 16.9. The highest BCUT2D eigenvalue weighted by molar-refractivity contribution is 5.83. The smallest absolute Gasteiger partial charge is 0.229 e. The number of hydrogen-bond acceptors (Lipinski definition) is 5. The number of para-hydroxylation sites is 1. The van der Waals surface area contributed by atoms with E-state index >= 15 is 0 Å². The van der Waals surface area contributed by atoms with Gasteiger partial charge in [0.25, 0.3) is 0 Å². The number of ether oxygens (including phenoxy) is 1. The lowest BCUT2D eigenvalue weighted by molar-refractivity contribution is 0.415. The molecule has 3 N–H and O–H groups in total. The molecule has 2 aromatic heterocycles. The van der Waals surface area contributed by atoms with Gasteiger partial charge in [0.05, 0.1) is 7.11 Å². The van der Waals surface area contributed by atoms with Crippen molar-refractivity contribution in [1.29, 1.82) is 0 Å². The molecule has 0 aliphatic rings. The van der Waals surface area contributed by atoms with Gasteiger partial charge >= 0.3 is 0 Å². The largest absolute Gasteiger partial charge is 0.497 e. The van der Waals surface area contributed by atoms with E-state index in [2.05, 4.69) is 50.0 Å². The summed E-state index contributed by atoms with van der Waals surface area (Å²) in [6, 6.07) is 17.9. The Hall–Kier alpha value is -3.54. The molecule has 0 radical (unpaired) electrons. The highest BCUT2D eigenvalue weighted by Crippen LogP contribution is 2.20. The molecule has 0 saturated carbocycles. The molecular formula is C21H21N5O. The lowest BCUT2D eigenvalue weighted by atomic mass is 10.1. The Balaban J connectivity index is 1.39. The Morgan fingerprint density at radius 3 is 2.93 bits per heavy atom. The van der Waals surface area contributed by atoms with Crippen molar-refractivity contribution in [2.75, 3.05) is 24.3 Å². The quantitative estimate of drug-likeness (QED) is 0.457. The molecule has 6 heteroatoms. The molecule has 0 amide bonds. The van der Waals surface area contributed by atoms with Gasteiger partial charge < -0.3 is 20.4 Å². The van der Waals surface area contributed by atoms with Crippen molar-refractivity contribution in [1.82, 2.24) is 15.0 Å². The fourth-order valence-electron chi connectivity index (χ4n) is 3.01. The van der Waals surface area contributed by atoms with Crippen molar-refractivity contribution in [3.8, 4) is 5.75 Å². The normalized spacial score (nSPS) is 10.7. The van der Waals surface area contributed by atoms with Crippen molar-refractivity contribution < 1.29 is 4.74 Å². The summed E-state index contributed by atoms with van der Waals surface area (Å²) < 4.78 is 5.24. The van der Waals surface area contributed by atoms with Crippen LogP contribution in [0.15, 0.2) is 67.0 Å². The zero-order valence-electron chi connectivity index (χ0n) is 15.1. The number of aromatic amines is 1. The fraction of sp³-hybridized carbons (Fsp3) is 0.143. The number of fused-ring (bicyclic) bond motifs is 1. The van der Waals surface area contributed by atoms with Gasteiger partial charge in [0.1, 0.15) is 11.6 Å². The highest BCUT2D eigenvalue weighted by atomic mass is 16.5. The Labute approximate surface area is 157 Å². The van der Waals surface area contributed by atoms with E-state index in [0.29, 0.717) is 5.95 Å². The van der Waals surface area contributed by atoms with Crippen LogP contribution in [0.3, 0.4) is 0 Å². The molecule has 0 bridgehead atoms. The third-order valence-electron chi connectivity index (χ3n) is 4.36. The summed E-state index contributed by atoms with van der Waals surface area (Å²) in [6.07, 6.45) is 4.72. The number of nitrogens with one attached hydrogen (secondary N) is 3. The maximum atomic E-state index is 5.24. The van der Waals surface area contributed by atoms with Gasteiger partial charge in [-0.25, -0.2) is 4.98 Å². The van der Waals surface area contributed by atoms with Crippen molar-refractivity contribution in [3.63, 3.8) is 0 Å². The number of H-pyrrole nitrogens is 1. The van der Waals surface area contributed by atoms with E-state index in [0.717, 1.165) is 30.2 Å². The van der Waals surface area contributed by atoms with E-state index in [4.69, 9.17) is 4.74 Å². The minimum absolute atomic E-state index is 0.542. The number of hydrogen-bond donors (Lipinski definition) is 3. The standard InChI is InChI=1S/C21H21N5O/c1-27-17-6-4-5-16(13-17)25-21-23-12-10-20(26-21)22-11-9-15-14-24-19-8-3-2-7-18(15)19/h2-8,10,12-14,24H,9,11H2,1H3,(H2,22,23,25,26). The second-order valence-corrected chi connectivity index (χ2v) is 6.16. The molecule has 4 rings (SSSR count). The first-order chi connectivity index (χ1) is 13.3. The zero-order chi connectivity index (χ0) is 18.5. The molecule has 0 fully saturated rings. The second kappa shape index (κ2) is 7.78. The molecule has 2 heterocycles. The maximum Gasteiger partial charge on any atom is 0.229 e. The molecule has 0 atom stereocenters. The third-order valence-corrected chi connectivity index (χ3v) is 4.36. The summed E-state index contributed by atoms with van der Waals surface area (Å²) >= 11 is 0. The van der Waals surface area contributed by atoms with Crippen molar-refractivity contribution >= 4 is 28.4 Å². The number of rotatable bonds is 7. The van der Waals surface area contributed by atoms with E-state index in [-0.39, 0.29) is 0 Å². The minimum Gasteiger partial charge on any atom is -0.497 e. The predicted octanol–water partition coefficient (Wildman–Crippen LogP) is 4.36. The SMILES string of the molecule is COc1cccc(Nc2nccc(NCCc3c[nH]c4ccccc34)n2)c1. The lowest BCUT2D eigenvalue weighted by Gasteiger charge is -2.09. The van der Waals surface area contributed by atoms with Crippen LogP contribution in [0.25, 0.3) is 10.9 Å². The average Bonchev–Trinajstić information content (AvgIpc) is 3.12. The van der Waals surface area contributed by atoms with Crippen molar-refractivity contribution in [2.45, 2.75) is 6.42 Å². The second-order valence-electron chi connectivity index (χ2n) is 6.16. The molecule has 0 unspecified atom stereocenters. The van der Waals surface area contributed by atoms with Gasteiger partial charge in [-0.15, -0.1) is 0 Å². The van der Waals surface area contributed by atoms with Crippen LogP contribution in [0.1, 0.15) is 5.56 Å². The topological polar surface area (TPSA) is 74.9 Å². The average molecular weight is 359 g/mol. The van der Waals surface area contributed by atoms with Crippen LogP contribution in [0.2, 0.25) is 0 Å². The first-order valence-corrected chi connectivity index (χ1v) is 8.85. The Morgan fingerprint density at radius 1 is 1.07 bits per heavy atom. The van der Waals surface area contributed by atoms with Gasteiger partial charge in [-0.2, -0.15) is 4.98 Å². The minimum atomic E-state index is 0.542. The summed E-state index contributed by atoms with van der Waals surface area (Å²) in [5, 5.41) is 7.83. The number of anilines is 3. The van der Waals surface area contributed by atoms with Gasteiger partial charge in [0.2, 0.25) is 5.95 Å². The molecule has 0 saturated heterocycles. The van der Waals surface area contributed by atoms with Crippen LogP contribution in [-0.4, -0.2) is 28.6 Å². The van der Waals surface area contributed by atoms with Crippen LogP contribution in [0, 0.1) is 0 Å². The van der Waals surface area contributed by atoms with Gasteiger partial charge in [0, 0.05) is 41.6 Å². The number of benzene rings is 2. The molecule has 4 aromatic rings. The number of nitrogens with zero attached hydrogens (tertiary/aromatic N) is 2. The van der Waals surface area contributed by atoms with Crippen LogP contribution >= 0.6 is 0 Å². The van der Waals surface area contributed by atoms with E-state index in [1.165, 1.54) is 16.5 Å². The van der Waals surface area contributed by atoms with E-state index in [9.17, 15) is 0 Å². The van der Waals surface area contributed by atoms with Crippen molar-refractivity contribution in [2.24, 2.45) is 0 Å². The molecule has 0 aliphatic heterocycles. The summed E-state index contributed by atoms with van der Waals surface area (Å²) in [5.41, 5.74) is 3.34. The van der Waals surface area contributed by atoms with E-state index < -0.39 is 0 Å². The monoisotopic (exact) mass is 359 g/mol. The third kappa shape index (κ3) is 4.00. The predicted molar refractivity (Wildman–Crippen MR) is 109 cm³/mol. The molecular weight excluding hydrogens is 338 g/mol. The molecule has 0 aliphatic carbocycles. The van der Waals surface area contributed by atoms with Crippen molar-refractivity contribution in [3.05, 3.63) is 72.6 Å². The first-order valence-electron chi connectivity index (χ1n) is 8.85. The Morgan fingerprint density at radius 2 is 2.00 bits per heavy atom. The number of methoxy groups -OCH3 is 1. The molecule has 136 valence electrons. The van der Waals surface area contributed by atoms with Gasteiger partial charge in [-0.05, 0) is 36.2 Å². The van der Waals surface area contributed by atoms with Gasteiger partial charge in [-0.3, -0.25) is 0 Å². The number of aromatic nitrogens is 3. The Bertz CT molecular complexity index is 1040. The van der Waals surface area contributed by atoms with Crippen LogP contribution < -0.4 is 15.4 Å². The highest BCUT2D eigenvalue weighted by Gasteiger charge is 2.04. The summed E-state index contributed by atoms with van der Waals surface area (Å²) in [6.45, 7) is 0.789. The van der Waals surface area contributed by atoms with Gasteiger partial charge in [-0.1, -0.05) is 24.3 Å². The lowest BCUT2D eigenvalue weighted by Crippen LogP contribution is -2.07. The van der Waals surface area contributed by atoms with Crippen LogP contribution in [0.5, 0.6) is 5.75 Å².